The summed E-state index contributed by atoms with van der Waals surface area (Å²) in [5.41, 5.74) is 4.10. The van der Waals surface area contributed by atoms with Crippen molar-refractivity contribution < 1.29 is 9.59 Å². The number of urea groups is 1. The third kappa shape index (κ3) is 5.86. The topological polar surface area (TPSA) is 52.7 Å². The lowest BCUT2D eigenvalue weighted by Gasteiger charge is -2.32. The van der Waals surface area contributed by atoms with Crippen molar-refractivity contribution in [3.8, 4) is 0 Å². The van der Waals surface area contributed by atoms with Crippen molar-refractivity contribution in [1.29, 1.82) is 0 Å². The standard InChI is InChI=1S/C32H25Br2N3O2S2/c33-23-12-3-1-10-21(23)20-29-30(38)37(31(41-29)22-11-2-4-13-24(22)34)32(39)35-18-9-19-36-25-14-5-7-16-27(25)40-28-17-8-6-15-26(28)36/h1-8,10-17,20,31H,9,18-19H2,(H,35,39)/b29-20+. The van der Waals surface area contributed by atoms with Crippen LogP contribution in [0.5, 0.6) is 0 Å². The van der Waals surface area contributed by atoms with E-state index < -0.39 is 11.4 Å². The average molecular weight is 708 g/mol. The number of nitrogens with zero attached hydrogens (tertiary/aromatic N) is 2. The molecular weight excluding hydrogens is 682 g/mol. The number of rotatable bonds is 6. The lowest BCUT2D eigenvalue weighted by atomic mass is 10.2. The Morgan fingerprint density at radius 3 is 2.12 bits per heavy atom. The van der Waals surface area contributed by atoms with Gasteiger partial charge in [-0.2, -0.15) is 0 Å². The molecule has 0 radical (unpaired) electrons. The molecule has 4 aromatic carbocycles. The summed E-state index contributed by atoms with van der Waals surface area (Å²) in [5.74, 6) is -0.306. The Kier molecular flexibility index (Phi) is 8.57. The van der Waals surface area contributed by atoms with Crippen LogP contribution < -0.4 is 10.2 Å². The van der Waals surface area contributed by atoms with Crippen LogP contribution in [0.3, 0.4) is 0 Å². The molecule has 1 saturated heterocycles. The van der Waals surface area contributed by atoms with Gasteiger partial charge in [-0.15, -0.1) is 0 Å². The normalized spacial score (nSPS) is 17.0. The highest BCUT2D eigenvalue weighted by Gasteiger charge is 2.42. The van der Waals surface area contributed by atoms with Crippen LogP contribution in [0, 0.1) is 0 Å². The number of hydrogen-bond acceptors (Lipinski definition) is 5. The molecule has 0 aliphatic carbocycles. The van der Waals surface area contributed by atoms with Crippen LogP contribution in [-0.2, 0) is 4.79 Å². The SMILES string of the molecule is O=C(NCCCN1c2ccccc2Sc2ccccc21)N1C(=O)/C(=C\c2ccccc2Br)SC1c1ccccc1Br. The van der Waals surface area contributed by atoms with E-state index >= 15 is 0 Å². The molecule has 1 unspecified atom stereocenters. The molecule has 1 atom stereocenters. The van der Waals surface area contributed by atoms with E-state index in [1.807, 2.05) is 54.6 Å². The van der Waals surface area contributed by atoms with Gasteiger partial charge in [-0.1, -0.05) is 116 Å². The van der Waals surface area contributed by atoms with Gasteiger partial charge in [0.05, 0.1) is 16.3 Å². The minimum Gasteiger partial charge on any atom is -0.340 e. The zero-order valence-electron chi connectivity index (χ0n) is 21.8. The summed E-state index contributed by atoms with van der Waals surface area (Å²) in [6.45, 7) is 1.17. The maximum absolute atomic E-state index is 13.6. The number of carbonyl (C=O) groups is 2. The minimum atomic E-state index is -0.482. The zero-order valence-corrected chi connectivity index (χ0v) is 26.6. The molecule has 5 nitrogen and oxygen atoms in total. The maximum atomic E-state index is 13.6. The maximum Gasteiger partial charge on any atom is 0.325 e. The van der Waals surface area contributed by atoms with Crippen LogP contribution in [0.2, 0.25) is 0 Å². The summed E-state index contributed by atoms with van der Waals surface area (Å²) >= 11 is 10.3. The van der Waals surface area contributed by atoms with Gasteiger partial charge < -0.3 is 10.2 Å². The molecule has 6 rings (SSSR count). The van der Waals surface area contributed by atoms with E-state index in [0.717, 1.165) is 26.6 Å². The molecule has 3 amide bonds. The molecule has 206 valence electrons. The van der Waals surface area contributed by atoms with E-state index in [9.17, 15) is 9.59 Å². The van der Waals surface area contributed by atoms with E-state index in [0.29, 0.717) is 17.9 Å². The van der Waals surface area contributed by atoms with Crippen LogP contribution in [0.4, 0.5) is 16.2 Å². The van der Waals surface area contributed by atoms with Crippen molar-refractivity contribution >= 4 is 84.8 Å². The minimum absolute atomic E-state index is 0.306. The Hall–Kier alpha value is -2.98. The molecule has 0 saturated carbocycles. The van der Waals surface area contributed by atoms with Crippen LogP contribution >= 0.6 is 55.4 Å². The van der Waals surface area contributed by atoms with Crippen LogP contribution in [-0.4, -0.2) is 29.9 Å². The van der Waals surface area contributed by atoms with Crippen molar-refractivity contribution in [1.82, 2.24) is 10.2 Å². The summed E-state index contributed by atoms with van der Waals surface area (Å²) in [5, 5.41) is 2.54. The van der Waals surface area contributed by atoms with Crippen molar-refractivity contribution in [2.75, 3.05) is 18.0 Å². The number of imide groups is 1. The van der Waals surface area contributed by atoms with Gasteiger partial charge in [-0.25, -0.2) is 9.69 Å². The molecular formula is C32H25Br2N3O2S2. The predicted molar refractivity (Wildman–Crippen MR) is 175 cm³/mol. The third-order valence-electron chi connectivity index (χ3n) is 6.85. The summed E-state index contributed by atoms with van der Waals surface area (Å²) in [6.07, 6.45) is 2.56. The van der Waals surface area contributed by atoms with Gasteiger partial charge in [0.1, 0.15) is 5.37 Å². The summed E-state index contributed by atoms with van der Waals surface area (Å²) in [4.78, 5) is 33.8. The number of amides is 3. The molecule has 2 aliphatic rings. The number of fused-ring (bicyclic) bond motifs is 2. The van der Waals surface area contributed by atoms with Crippen molar-refractivity contribution in [2.45, 2.75) is 21.6 Å². The van der Waals surface area contributed by atoms with Crippen molar-refractivity contribution in [3.63, 3.8) is 0 Å². The van der Waals surface area contributed by atoms with Crippen molar-refractivity contribution in [2.24, 2.45) is 0 Å². The van der Waals surface area contributed by atoms with E-state index in [2.05, 4.69) is 90.6 Å². The van der Waals surface area contributed by atoms with Gasteiger partial charge >= 0.3 is 6.03 Å². The van der Waals surface area contributed by atoms with Gasteiger partial charge in [0.15, 0.2) is 0 Å². The molecule has 9 heteroatoms. The largest absolute Gasteiger partial charge is 0.340 e. The lowest BCUT2D eigenvalue weighted by Crippen LogP contribution is -2.42. The Morgan fingerprint density at radius 2 is 1.44 bits per heavy atom. The van der Waals surface area contributed by atoms with Gasteiger partial charge in [0, 0.05) is 31.8 Å². The molecule has 0 bridgehead atoms. The van der Waals surface area contributed by atoms with E-state index in [1.54, 1.807) is 11.8 Å². The highest BCUT2D eigenvalue weighted by Crippen LogP contribution is 2.49. The van der Waals surface area contributed by atoms with Gasteiger partial charge in [0.2, 0.25) is 0 Å². The first-order valence-corrected chi connectivity index (χ1v) is 16.4. The summed E-state index contributed by atoms with van der Waals surface area (Å²) in [6, 6.07) is 31.8. The second-order valence-electron chi connectivity index (χ2n) is 9.47. The third-order valence-corrected chi connectivity index (χ3v) is 10.7. The Labute approximate surface area is 264 Å². The fraction of sp³-hybridized carbons (Fsp3) is 0.125. The monoisotopic (exact) mass is 705 g/mol. The lowest BCUT2D eigenvalue weighted by molar-refractivity contribution is -0.123. The molecule has 0 spiro atoms. The second kappa shape index (κ2) is 12.5. The number of benzene rings is 4. The van der Waals surface area contributed by atoms with Gasteiger partial charge in [0.25, 0.3) is 5.91 Å². The molecule has 2 aliphatic heterocycles. The van der Waals surface area contributed by atoms with Crippen molar-refractivity contribution in [3.05, 3.63) is 122 Å². The van der Waals surface area contributed by atoms with Crippen LogP contribution in [0.25, 0.3) is 6.08 Å². The highest BCUT2D eigenvalue weighted by molar-refractivity contribution is 9.10. The van der Waals surface area contributed by atoms with Gasteiger partial charge in [-0.05, 0) is 60.0 Å². The number of carbonyl (C=O) groups excluding carboxylic acids is 2. The number of para-hydroxylation sites is 2. The van der Waals surface area contributed by atoms with Crippen LogP contribution in [0.15, 0.2) is 121 Å². The number of halogens is 2. The summed E-state index contributed by atoms with van der Waals surface area (Å²) < 4.78 is 1.74. The van der Waals surface area contributed by atoms with E-state index in [4.69, 9.17) is 0 Å². The van der Waals surface area contributed by atoms with Crippen LogP contribution in [0.1, 0.15) is 22.9 Å². The molecule has 41 heavy (non-hydrogen) atoms. The Bertz CT molecular complexity index is 1620. The fourth-order valence-corrected chi connectivity index (χ4v) is 8.31. The molecule has 0 aromatic heterocycles. The quantitative estimate of drug-likeness (QED) is 0.160. The van der Waals surface area contributed by atoms with E-state index in [1.165, 1.54) is 37.8 Å². The van der Waals surface area contributed by atoms with Gasteiger partial charge in [-0.3, -0.25) is 4.79 Å². The van der Waals surface area contributed by atoms with E-state index in [-0.39, 0.29) is 5.91 Å². The predicted octanol–water partition coefficient (Wildman–Crippen LogP) is 9.23. The fourth-order valence-electron chi connectivity index (χ4n) is 4.89. The first-order chi connectivity index (χ1) is 20.0. The Balaban J connectivity index is 1.19. The first kappa shape index (κ1) is 28.2. The summed E-state index contributed by atoms with van der Waals surface area (Å²) in [7, 11) is 0. The zero-order chi connectivity index (χ0) is 28.3. The average Bonchev–Trinajstić information content (AvgIpc) is 3.31. The number of hydrogen-bond donors (Lipinski definition) is 1. The number of anilines is 2. The Morgan fingerprint density at radius 1 is 0.829 bits per heavy atom. The molecule has 2 heterocycles. The second-order valence-corrected chi connectivity index (χ2v) is 13.4. The highest BCUT2D eigenvalue weighted by atomic mass is 79.9. The smallest absolute Gasteiger partial charge is 0.325 e. The molecule has 4 aromatic rings. The number of nitrogens with one attached hydrogen (secondary N) is 1. The molecule has 1 N–H and O–H groups in total. The molecule has 1 fully saturated rings. The first-order valence-electron chi connectivity index (χ1n) is 13.1. The number of thioether (sulfide) groups is 1.